The van der Waals surface area contributed by atoms with Crippen molar-refractivity contribution >= 4 is 23.2 Å². The minimum Gasteiger partial charge on any atom is -0.295 e. The normalized spacial score (nSPS) is 10.7. The van der Waals surface area contributed by atoms with Gasteiger partial charge in [-0.05, 0) is 18.2 Å². The molecule has 18 heavy (non-hydrogen) atoms. The first kappa shape index (κ1) is 12.8. The molecule has 1 aromatic heterocycles. The highest BCUT2D eigenvalue weighted by Crippen LogP contribution is 2.16. The summed E-state index contributed by atoms with van der Waals surface area (Å²) >= 11 is 10.8. The van der Waals surface area contributed by atoms with E-state index in [-0.39, 0.29) is 5.02 Å². The highest BCUT2D eigenvalue weighted by atomic mass is 35.5. The van der Waals surface area contributed by atoms with E-state index >= 15 is 0 Å². The highest BCUT2D eigenvalue weighted by molar-refractivity contribution is 6.30. The second kappa shape index (κ2) is 4.55. The van der Waals surface area contributed by atoms with E-state index < -0.39 is 33.7 Å². The van der Waals surface area contributed by atoms with Crippen LogP contribution in [0.3, 0.4) is 0 Å². The minimum atomic E-state index is -1.37. The van der Waals surface area contributed by atoms with Crippen molar-refractivity contribution in [2.75, 3.05) is 0 Å². The van der Waals surface area contributed by atoms with Gasteiger partial charge in [0.05, 0.1) is 5.69 Å². The van der Waals surface area contributed by atoms with Crippen LogP contribution in [0.2, 0.25) is 10.2 Å². The summed E-state index contributed by atoms with van der Waals surface area (Å²) in [6.45, 7) is 0. The molecule has 0 aliphatic carbocycles. The van der Waals surface area contributed by atoms with E-state index in [2.05, 4.69) is 0 Å². The van der Waals surface area contributed by atoms with E-state index in [9.17, 15) is 18.4 Å². The molecule has 1 N–H and O–H groups in total. The molecule has 8 heteroatoms. The molecule has 94 valence electrons. The number of hydrogen-bond donors (Lipinski definition) is 1. The first-order valence-electron chi connectivity index (χ1n) is 4.57. The molecule has 0 fully saturated rings. The first-order valence-corrected chi connectivity index (χ1v) is 5.33. The number of H-pyrrole nitrogens is 1. The number of rotatable bonds is 1. The molecular weight excluding hydrogens is 289 g/mol. The van der Waals surface area contributed by atoms with Crippen molar-refractivity contribution < 1.29 is 8.78 Å². The molecule has 0 radical (unpaired) electrons. The maximum Gasteiger partial charge on any atom is 0.334 e. The molecule has 1 aromatic carbocycles. The van der Waals surface area contributed by atoms with Gasteiger partial charge in [0.15, 0.2) is 5.15 Å². The van der Waals surface area contributed by atoms with Crippen LogP contribution in [-0.2, 0) is 0 Å². The largest absolute Gasteiger partial charge is 0.334 e. The summed E-state index contributed by atoms with van der Waals surface area (Å²) in [5.74, 6) is -2.30. The summed E-state index contributed by atoms with van der Waals surface area (Å²) in [5, 5.41) is -0.647. The van der Waals surface area contributed by atoms with Crippen LogP contribution in [0.4, 0.5) is 8.78 Å². The average Bonchev–Trinajstić information content (AvgIpc) is 2.29. The third kappa shape index (κ3) is 2.04. The van der Waals surface area contributed by atoms with Crippen molar-refractivity contribution in [1.82, 2.24) is 9.55 Å². The molecule has 2 rings (SSSR count). The number of aromatic nitrogens is 2. The lowest BCUT2D eigenvalue weighted by Crippen LogP contribution is -2.36. The van der Waals surface area contributed by atoms with Gasteiger partial charge in [-0.1, -0.05) is 23.2 Å². The maximum atomic E-state index is 13.6. The van der Waals surface area contributed by atoms with Crippen LogP contribution >= 0.6 is 23.2 Å². The number of halogens is 4. The summed E-state index contributed by atoms with van der Waals surface area (Å²) in [4.78, 5) is 24.9. The van der Waals surface area contributed by atoms with Gasteiger partial charge in [0.25, 0.3) is 5.56 Å². The van der Waals surface area contributed by atoms with E-state index in [1.54, 1.807) is 0 Å². The van der Waals surface area contributed by atoms with E-state index in [4.69, 9.17) is 23.2 Å². The topological polar surface area (TPSA) is 54.9 Å². The average molecular weight is 293 g/mol. The summed E-state index contributed by atoms with van der Waals surface area (Å²) in [7, 11) is 0. The Morgan fingerprint density at radius 3 is 2.44 bits per heavy atom. The lowest BCUT2D eigenvalue weighted by molar-refractivity contribution is 0.572. The standard InChI is InChI=1S/C10H4Cl2F2N2O2/c11-4-1-2-6(5(13)3-4)16-9(17)7(14)8(12)15-10(16)18/h1-3H,(H,15,18). The zero-order valence-corrected chi connectivity index (χ0v) is 10.0. The highest BCUT2D eigenvalue weighted by Gasteiger charge is 2.16. The third-order valence-corrected chi connectivity index (χ3v) is 2.65. The first-order chi connectivity index (χ1) is 8.41. The number of aromatic amines is 1. The van der Waals surface area contributed by atoms with Crippen LogP contribution in [0.15, 0.2) is 27.8 Å². The number of nitrogens with zero attached hydrogens (tertiary/aromatic N) is 1. The molecule has 0 unspecified atom stereocenters. The molecule has 0 atom stereocenters. The van der Waals surface area contributed by atoms with Gasteiger partial charge in [0, 0.05) is 5.02 Å². The SMILES string of the molecule is O=c1[nH]c(Cl)c(F)c(=O)n1-c1ccc(Cl)cc1F. The van der Waals surface area contributed by atoms with Crippen LogP contribution < -0.4 is 11.2 Å². The van der Waals surface area contributed by atoms with E-state index in [0.29, 0.717) is 4.57 Å². The molecule has 4 nitrogen and oxygen atoms in total. The Labute approximate surface area is 108 Å². The molecule has 0 saturated carbocycles. The fourth-order valence-electron chi connectivity index (χ4n) is 1.37. The Morgan fingerprint density at radius 2 is 1.83 bits per heavy atom. The quantitative estimate of drug-likeness (QED) is 0.819. The fraction of sp³-hybridized carbons (Fsp3) is 0. The monoisotopic (exact) mass is 292 g/mol. The lowest BCUT2D eigenvalue weighted by atomic mass is 10.3. The van der Waals surface area contributed by atoms with Crippen LogP contribution in [0, 0.1) is 11.6 Å². The van der Waals surface area contributed by atoms with Gasteiger partial charge in [-0.2, -0.15) is 4.39 Å². The summed E-state index contributed by atoms with van der Waals surface area (Å²) in [5.41, 5.74) is -2.81. The molecule has 0 aliphatic rings. The fourth-order valence-corrected chi connectivity index (χ4v) is 1.69. The smallest absolute Gasteiger partial charge is 0.295 e. The predicted octanol–water partition coefficient (Wildman–Crippen LogP) is 2.11. The van der Waals surface area contributed by atoms with Crippen LogP contribution in [0.25, 0.3) is 5.69 Å². The molecule has 0 bridgehead atoms. The number of nitrogens with one attached hydrogen (secondary N) is 1. The second-order valence-corrected chi connectivity index (χ2v) is 4.11. The molecule has 0 spiro atoms. The summed E-state index contributed by atoms with van der Waals surface area (Å²) in [6.07, 6.45) is 0. The lowest BCUT2D eigenvalue weighted by Gasteiger charge is -2.06. The van der Waals surface area contributed by atoms with Gasteiger partial charge in [-0.25, -0.2) is 13.8 Å². The molecule has 0 saturated heterocycles. The van der Waals surface area contributed by atoms with Crippen molar-refractivity contribution in [1.29, 1.82) is 0 Å². The van der Waals surface area contributed by atoms with Gasteiger partial charge < -0.3 is 0 Å². The molecule has 1 heterocycles. The molecular formula is C10H4Cl2F2N2O2. The molecule has 2 aromatic rings. The summed E-state index contributed by atoms with van der Waals surface area (Å²) < 4.78 is 27.2. The predicted molar refractivity (Wildman–Crippen MR) is 62.6 cm³/mol. The minimum absolute atomic E-state index is 0.0789. The third-order valence-electron chi connectivity index (χ3n) is 2.15. The van der Waals surface area contributed by atoms with Crippen LogP contribution in [0.1, 0.15) is 0 Å². The van der Waals surface area contributed by atoms with Gasteiger partial charge in [0.2, 0.25) is 5.82 Å². The Bertz CT molecular complexity index is 740. The zero-order chi connectivity index (χ0) is 13.4. The zero-order valence-electron chi connectivity index (χ0n) is 8.51. The molecule has 0 aliphatic heterocycles. The Kier molecular flexibility index (Phi) is 3.23. The van der Waals surface area contributed by atoms with Gasteiger partial charge >= 0.3 is 5.69 Å². The van der Waals surface area contributed by atoms with Crippen LogP contribution in [-0.4, -0.2) is 9.55 Å². The van der Waals surface area contributed by atoms with E-state index in [1.165, 1.54) is 6.07 Å². The summed E-state index contributed by atoms with van der Waals surface area (Å²) in [6, 6.07) is 3.25. The molecule has 0 amide bonds. The Morgan fingerprint density at radius 1 is 1.17 bits per heavy atom. The Balaban J connectivity index is 2.84. The van der Waals surface area contributed by atoms with Gasteiger partial charge in [-0.3, -0.25) is 9.78 Å². The maximum absolute atomic E-state index is 13.6. The van der Waals surface area contributed by atoms with Crippen molar-refractivity contribution in [2.45, 2.75) is 0 Å². The van der Waals surface area contributed by atoms with E-state index in [0.717, 1.165) is 12.1 Å². The van der Waals surface area contributed by atoms with Crippen LogP contribution in [0.5, 0.6) is 0 Å². The second-order valence-electron chi connectivity index (χ2n) is 3.29. The van der Waals surface area contributed by atoms with Gasteiger partial charge in [-0.15, -0.1) is 0 Å². The van der Waals surface area contributed by atoms with E-state index in [1.807, 2.05) is 4.98 Å². The number of hydrogen-bond acceptors (Lipinski definition) is 2. The van der Waals surface area contributed by atoms with Crippen molar-refractivity contribution in [2.24, 2.45) is 0 Å². The van der Waals surface area contributed by atoms with Crippen molar-refractivity contribution in [3.8, 4) is 5.69 Å². The van der Waals surface area contributed by atoms with Crippen molar-refractivity contribution in [3.05, 3.63) is 60.8 Å². The Hall–Kier alpha value is -1.66. The van der Waals surface area contributed by atoms with Gasteiger partial charge in [0.1, 0.15) is 5.82 Å². The number of benzene rings is 1. The van der Waals surface area contributed by atoms with Crippen molar-refractivity contribution in [3.63, 3.8) is 0 Å².